The third kappa shape index (κ3) is 4.83. The van der Waals surface area contributed by atoms with Gasteiger partial charge in [-0.1, -0.05) is 19.8 Å². The standard InChI is InChI=1S/C9H18N2/c1-4-5-11-7-9(6-10)8(2)3/h1,8-9,11H,5-7,10H2,2-3H3. The van der Waals surface area contributed by atoms with Crippen molar-refractivity contribution in [2.75, 3.05) is 19.6 Å². The molecule has 0 saturated carbocycles. The van der Waals surface area contributed by atoms with E-state index >= 15 is 0 Å². The lowest BCUT2D eigenvalue weighted by atomic mass is 9.96. The van der Waals surface area contributed by atoms with Crippen LogP contribution in [-0.2, 0) is 0 Å². The van der Waals surface area contributed by atoms with E-state index in [-0.39, 0.29) is 0 Å². The van der Waals surface area contributed by atoms with Crippen LogP contribution in [0.1, 0.15) is 13.8 Å². The molecule has 0 aliphatic carbocycles. The highest BCUT2D eigenvalue weighted by atomic mass is 14.9. The van der Waals surface area contributed by atoms with Crippen molar-refractivity contribution in [1.82, 2.24) is 5.32 Å². The molecule has 0 radical (unpaired) electrons. The highest BCUT2D eigenvalue weighted by molar-refractivity contribution is 4.86. The highest BCUT2D eigenvalue weighted by Gasteiger charge is 2.09. The Labute approximate surface area is 69.5 Å². The third-order valence-corrected chi connectivity index (χ3v) is 1.88. The van der Waals surface area contributed by atoms with Crippen molar-refractivity contribution >= 4 is 0 Å². The van der Waals surface area contributed by atoms with Gasteiger partial charge in [0.15, 0.2) is 0 Å². The lowest BCUT2D eigenvalue weighted by Gasteiger charge is -2.18. The molecular weight excluding hydrogens is 136 g/mol. The van der Waals surface area contributed by atoms with Gasteiger partial charge >= 0.3 is 0 Å². The summed E-state index contributed by atoms with van der Waals surface area (Å²) in [6.45, 7) is 6.65. The van der Waals surface area contributed by atoms with Crippen LogP contribution in [0.3, 0.4) is 0 Å². The van der Waals surface area contributed by atoms with Crippen LogP contribution < -0.4 is 11.1 Å². The van der Waals surface area contributed by atoms with Crippen LogP contribution in [0, 0.1) is 24.2 Å². The Hall–Kier alpha value is -0.520. The second-order valence-electron chi connectivity index (χ2n) is 3.07. The average molecular weight is 154 g/mol. The number of rotatable bonds is 5. The molecular formula is C9H18N2. The highest BCUT2D eigenvalue weighted by Crippen LogP contribution is 2.06. The first-order valence-electron chi connectivity index (χ1n) is 4.06. The van der Waals surface area contributed by atoms with Crippen LogP contribution in [0.15, 0.2) is 0 Å². The maximum atomic E-state index is 5.56. The van der Waals surface area contributed by atoms with Crippen molar-refractivity contribution in [3.05, 3.63) is 0 Å². The normalized spacial score (nSPS) is 13.0. The van der Waals surface area contributed by atoms with Gasteiger partial charge in [-0.2, -0.15) is 0 Å². The molecule has 0 bridgehead atoms. The predicted molar refractivity (Wildman–Crippen MR) is 49.1 cm³/mol. The first-order chi connectivity index (χ1) is 5.22. The van der Waals surface area contributed by atoms with E-state index < -0.39 is 0 Å². The van der Waals surface area contributed by atoms with E-state index in [1.165, 1.54) is 0 Å². The van der Waals surface area contributed by atoms with Crippen LogP contribution in [0.4, 0.5) is 0 Å². The molecule has 0 aromatic heterocycles. The minimum absolute atomic E-state index is 0.545. The topological polar surface area (TPSA) is 38.0 Å². The van der Waals surface area contributed by atoms with Gasteiger partial charge in [-0.3, -0.25) is 0 Å². The molecule has 0 aliphatic rings. The summed E-state index contributed by atoms with van der Waals surface area (Å²) >= 11 is 0. The second kappa shape index (κ2) is 6.21. The van der Waals surface area contributed by atoms with Gasteiger partial charge in [0, 0.05) is 6.54 Å². The zero-order valence-corrected chi connectivity index (χ0v) is 7.43. The molecule has 2 nitrogen and oxygen atoms in total. The molecule has 0 rings (SSSR count). The Morgan fingerprint density at radius 1 is 1.55 bits per heavy atom. The predicted octanol–water partition coefficient (Wildman–Crippen LogP) is 0.440. The fourth-order valence-corrected chi connectivity index (χ4v) is 0.921. The summed E-state index contributed by atoms with van der Waals surface area (Å²) in [7, 11) is 0. The summed E-state index contributed by atoms with van der Waals surface area (Å²) < 4.78 is 0. The van der Waals surface area contributed by atoms with Gasteiger partial charge in [0.25, 0.3) is 0 Å². The molecule has 2 heteroatoms. The zero-order valence-electron chi connectivity index (χ0n) is 7.43. The van der Waals surface area contributed by atoms with Crippen LogP contribution in [0.5, 0.6) is 0 Å². The van der Waals surface area contributed by atoms with Gasteiger partial charge in [-0.05, 0) is 18.4 Å². The molecule has 0 aromatic rings. The van der Waals surface area contributed by atoms with Gasteiger partial charge in [-0.25, -0.2) is 0 Å². The van der Waals surface area contributed by atoms with Gasteiger partial charge in [-0.15, -0.1) is 6.42 Å². The average Bonchev–Trinajstić information content (AvgIpc) is 1.97. The van der Waals surface area contributed by atoms with E-state index in [0.29, 0.717) is 18.4 Å². The van der Waals surface area contributed by atoms with E-state index in [2.05, 4.69) is 25.1 Å². The SMILES string of the molecule is C#CCNCC(CN)C(C)C. The molecule has 11 heavy (non-hydrogen) atoms. The van der Waals surface area contributed by atoms with Crippen molar-refractivity contribution in [3.8, 4) is 12.3 Å². The van der Waals surface area contributed by atoms with Gasteiger partial charge < -0.3 is 11.1 Å². The van der Waals surface area contributed by atoms with Crippen molar-refractivity contribution < 1.29 is 0 Å². The van der Waals surface area contributed by atoms with Crippen molar-refractivity contribution in [2.24, 2.45) is 17.6 Å². The molecule has 1 unspecified atom stereocenters. The van der Waals surface area contributed by atoms with Crippen LogP contribution in [0.2, 0.25) is 0 Å². The Kier molecular flexibility index (Phi) is 5.91. The summed E-state index contributed by atoms with van der Waals surface area (Å²) in [4.78, 5) is 0. The zero-order chi connectivity index (χ0) is 8.69. The van der Waals surface area contributed by atoms with Gasteiger partial charge in [0.2, 0.25) is 0 Å². The largest absolute Gasteiger partial charge is 0.330 e. The number of nitrogens with one attached hydrogen (secondary N) is 1. The van der Waals surface area contributed by atoms with E-state index in [1.807, 2.05) is 0 Å². The van der Waals surface area contributed by atoms with Crippen LogP contribution in [-0.4, -0.2) is 19.6 Å². The van der Waals surface area contributed by atoms with E-state index in [1.54, 1.807) is 0 Å². The molecule has 0 amide bonds. The molecule has 0 fully saturated rings. The molecule has 0 aromatic carbocycles. The first kappa shape index (κ1) is 10.5. The van der Waals surface area contributed by atoms with Crippen LogP contribution >= 0.6 is 0 Å². The first-order valence-corrected chi connectivity index (χ1v) is 4.06. The third-order valence-electron chi connectivity index (χ3n) is 1.88. The van der Waals surface area contributed by atoms with Crippen LogP contribution in [0.25, 0.3) is 0 Å². The number of hydrogen-bond acceptors (Lipinski definition) is 2. The fourth-order valence-electron chi connectivity index (χ4n) is 0.921. The maximum absolute atomic E-state index is 5.56. The second-order valence-corrected chi connectivity index (χ2v) is 3.07. The molecule has 64 valence electrons. The Balaban J connectivity index is 3.46. The maximum Gasteiger partial charge on any atom is 0.0573 e. The van der Waals surface area contributed by atoms with E-state index in [4.69, 9.17) is 12.2 Å². The Bertz CT molecular complexity index is 124. The van der Waals surface area contributed by atoms with E-state index in [0.717, 1.165) is 13.1 Å². The number of terminal acetylenes is 1. The van der Waals surface area contributed by atoms with E-state index in [9.17, 15) is 0 Å². The van der Waals surface area contributed by atoms with Crippen molar-refractivity contribution in [2.45, 2.75) is 13.8 Å². The quantitative estimate of drug-likeness (QED) is 0.445. The molecule has 0 heterocycles. The number of hydrogen-bond donors (Lipinski definition) is 2. The van der Waals surface area contributed by atoms with Gasteiger partial charge in [0.1, 0.15) is 0 Å². The minimum atomic E-state index is 0.545. The lowest BCUT2D eigenvalue weighted by molar-refractivity contribution is 0.378. The minimum Gasteiger partial charge on any atom is -0.330 e. The number of nitrogens with two attached hydrogens (primary N) is 1. The summed E-state index contributed by atoms with van der Waals surface area (Å²) in [6, 6.07) is 0. The molecule has 0 spiro atoms. The summed E-state index contributed by atoms with van der Waals surface area (Å²) in [5.74, 6) is 3.71. The van der Waals surface area contributed by atoms with Crippen molar-refractivity contribution in [1.29, 1.82) is 0 Å². The Morgan fingerprint density at radius 2 is 2.18 bits per heavy atom. The molecule has 3 N–H and O–H groups in total. The lowest BCUT2D eigenvalue weighted by Crippen LogP contribution is -2.31. The smallest absolute Gasteiger partial charge is 0.0573 e. The summed E-state index contributed by atoms with van der Waals surface area (Å²) in [6.07, 6.45) is 5.09. The summed E-state index contributed by atoms with van der Waals surface area (Å²) in [5, 5.41) is 3.15. The van der Waals surface area contributed by atoms with Crippen molar-refractivity contribution in [3.63, 3.8) is 0 Å². The summed E-state index contributed by atoms with van der Waals surface area (Å²) in [5.41, 5.74) is 5.56. The fraction of sp³-hybridized carbons (Fsp3) is 0.778. The molecule has 1 atom stereocenters. The molecule has 0 aliphatic heterocycles. The van der Waals surface area contributed by atoms with Gasteiger partial charge in [0.05, 0.1) is 6.54 Å². The monoisotopic (exact) mass is 154 g/mol. The Morgan fingerprint density at radius 3 is 2.55 bits per heavy atom. The molecule has 0 saturated heterocycles.